The van der Waals surface area contributed by atoms with E-state index >= 15 is 0 Å². The predicted molar refractivity (Wildman–Crippen MR) is 75.3 cm³/mol. The highest BCUT2D eigenvalue weighted by Crippen LogP contribution is 2.10. The molecule has 19 heavy (non-hydrogen) atoms. The summed E-state index contributed by atoms with van der Waals surface area (Å²) >= 11 is 0. The smallest absolute Gasteiger partial charge is 0.304 e. The molecule has 1 aliphatic heterocycles. The molecule has 1 unspecified atom stereocenters. The van der Waals surface area contributed by atoms with Crippen LogP contribution in [-0.4, -0.2) is 71.4 Å². The third-order valence-corrected chi connectivity index (χ3v) is 3.96. The Hall–Kier alpha value is -0.650. The summed E-state index contributed by atoms with van der Waals surface area (Å²) in [4.78, 5) is 15.3. The maximum Gasteiger partial charge on any atom is 0.304 e. The Labute approximate surface area is 116 Å². The van der Waals surface area contributed by atoms with Crippen LogP contribution in [0.25, 0.3) is 0 Å². The van der Waals surface area contributed by atoms with Gasteiger partial charge in [0.15, 0.2) is 0 Å². The summed E-state index contributed by atoms with van der Waals surface area (Å²) in [7, 11) is 0. The molecule has 0 amide bonds. The second-order valence-electron chi connectivity index (χ2n) is 5.33. The van der Waals surface area contributed by atoms with Crippen molar-refractivity contribution in [3.05, 3.63) is 0 Å². The summed E-state index contributed by atoms with van der Waals surface area (Å²) < 4.78 is 0. The van der Waals surface area contributed by atoms with Crippen LogP contribution in [0.4, 0.5) is 0 Å². The third-order valence-electron chi connectivity index (χ3n) is 3.96. The quantitative estimate of drug-likeness (QED) is 0.656. The molecule has 2 N–H and O–H groups in total. The van der Waals surface area contributed by atoms with Gasteiger partial charge in [0.05, 0.1) is 13.0 Å². The van der Waals surface area contributed by atoms with Crippen molar-refractivity contribution in [1.29, 1.82) is 0 Å². The molecule has 0 aromatic heterocycles. The minimum Gasteiger partial charge on any atom is -0.481 e. The maximum absolute atomic E-state index is 10.7. The summed E-state index contributed by atoms with van der Waals surface area (Å²) in [5.41, 5.74) is 0. The van der Waals surface area contributed by atoms with Gasteiger partial charge in [-0.1, -0.05) is 13.3 Å². The van der Waals surface area contributed by atoms with Gasteiger partial charge in [0.2, 0.25) is 0 Å². The van der Waals surface area contributed by atoms with Gasteiger partial charge in [-0.25, -0.2) is 0 Å². The lowest BCUT2D eigenvalue weighted by Gasteiger charge is -2.33. The van der Waals surface area contributed by atoms with Gasteiger partial charge in [-0.3, -0.25) is 9.69 Å². The average molecular weight is 272 g/mol. The SMILES string of the molecule is CCC(CO)N(CCC(=O)O)CCN1CCCCC1. The molecule has 1 rings (SSSR count). The van der Waals surface area contributed by atoms with Crippen LogP contribution in [0.1, 0.15) is 39.0 Å². The van der Waals surface area contributed by atoms with Gasteiger partial charge < -0.3 is 15.1 Å². The lowest BCUT2D eigenvalue weighted by atomic mass is 10.1. The third kappa shape index (κ3) is 6.36. The molecule has 0 aromatic carbocycles. The van der Waals surface area contributed by atoms with E-state index in [4.69, 9.17) is 5.11 Å². The summed E-state index contributed by atoms with van der Waals surface area (Å²) in [6.45, 7) is 6.82. The summed E-state index contributed by atoms with van der Waals surface area (Å²) in [5.74, 6) is -0.768. The molecule has 0 saturated carbocycles. The van der Waals surface area contributed by atoms with Crippen LogP contribution < -0.4 is 0 Å². The predicted octanol–water partition coefficient (Wildman–Crippen LogP) is 1.02. The molecule has 1 saturated heterocycles. The monoisotopic (exact) mass is 272 g/mol. The van der Waals surface area contributed by atoms with Gasteiger partial charge in [-0.15, -0.1) is 0 Å². The Morgan fingerprint density at radius 3 is 2.47 bits per heavy atom. The van der Waals surface area contributed by atoms with Gasteiger partial charge in [0, 0.05) is 25.7 Å². The van der Waals surface area contributed by atoms with Crippen LogP contribution in [-0.2, 0) is 4.79 Å². The zero-order valence-electron chi connectivity index (χ0n) is 12.1. The van der Waals surface area contributed by atoms with E-state index in [2.05, 4.69) is 9.80 Å². The van der Waals surface area contributed by atoms with Crippen molar-refractivity contribution in [3.8, 4) is 0 Å². The Balaban J connectivity index is 2.39. The first kappa shape index (κ1) is 16.4. The molecule has 0 bridgehead atoms. The Kier molecular flexibility index (Phi) is 8.02. The van der Waals surface area contributed by atoms with Crippen LogP contribution in [0.5, 0.6) is 0 Å². The van der Waals surface area contributed by atoms with Crippen LogP contribution in [0.15, 0.2) is 0 Å². The highest BCUT2D eigenvalue weighted by Gasteiger charge is 2.18. The highest BCUT2D eigenvalue weighted by molar-refractivity contribution is 5.66. The van der Waals surface area contributed by atoms with Crippen LogP contribution >= 0.6 is 0 Å². The van der Waals surface area contributed by atoms with E-state index in [1.54, 1.807) is 0 Å². The fraction of sp³-hybridized carbons (Fsp3) is 0.929. The molecular weight excluding hydrogens is 244 g/mol. The standard InChI is InChI=1S/C14H28N2O3/c1-2-13(12-17)16(9-6-14(18)19)11-10-15-7-4-3-5-8-15/h13,17H,2-12H2,1H3,(H,18,19). The number of carboxylic acid groups (broad SMARTS) is 1. The molecule has 0 spiro atoms. The second kappa shape index (κ2) is 9.28. The van der Waals surface area contributed by atoms with E-state index in [1.807, 2.05) is 6.92 Å². The van der Waals surface area contributed by atoms with Crippen molar-refractivity contribution >= 4 is 5.97 Å². The first-order valence-electron chi connectivity index (χ1n) is 7.46. The number of likely N-dealkylation sites (tertiary alicyclic amines) is 1. The number of carboxylic acids is 1. The van der Waals surface area contributed by atoms with E-state index in [0.29, 0.717) is 6.54 Å². The Morgan fingerprint density at radius 1 is 1.26 bits per heavy atom. The molecule has 1 aliphatic rings. The van der Waals surface area contributed by atoms with Crippen molar-refractivity contribution in [2.45, 2.75) is 45.1 Å². The van der Waals surface area contributed by atoms with E-state index in [-0.39, 0.29) is 19.1 Å². The first-order valence-corrected chi connectivity index (χ1v) is 7.46. The van der Waals surface area contributed by atoms with Gasteiger partial charge in [-0.05, 0) is 32.4 Å². The number of hydrogen-bond donors (Lipinski definition) is 2. The molecule has 1 heterocycles. The zero-order chi connectivity index (χ0) is 14.1. The second-order valence-corrected chi connectivity index (χ2v) is 5.33. The van der Waals surface area contributed by atoms with Crippen LogP contribution in [0.2, 0.25) is 0 Å². The van der Waals surface area contributed by atoms with E-state index in [1.165, 1.54) is 19.3 Å². The molecule has 0 radical (unpaired) electrons. The number of hydrogen-bond acceptors (Lipinski definition) is 4. The number of carbonyl (C=O) groups is 1. The molecule has 5 nitrogen and oxygen atoms in total. The van der Waals surface area contributed by atoms with E-state index in [9.17, 15) is 9.90 Å². The highest BCUT2D eigenvalue weighted by atomic mass is 16.4. The Bertz CT molecular complexity index is 251. The topological polar surface area (TPSA) is 64.0 Å². The first-order chi connectivity index (χ1) is 9.17. The molecule has 1 atom stereocenters. The fourth-order valence-electron chi connectivity index (χ4n) is 2.67. The Morgan fingerprint density at radius 2 is 1.95 bits per heavy atom. The van der Waals surface area contributed by atoms with Crippen molar-refractivity contribution in [2.75, 3.05) is 39.3 Å². The minimum atomic E-state index is -0.768. The summed E-state index contributed by atoms with van der Waals surface area (Å²) in [6, 6.07) is 0.0872. The van der Waals surface area contributed by atoms with Gasteiger partial charge in [0.1, 0.15) is 0 Å². The number of aliphatic carboxylic acids is 1. The van der Waals surface area contributed by atoms with Crippen molar-refractivity contribution in [3.63, 3.8) is 0 Å². The summed E-state index contributed by atoms with van der Waals surface area (Å²) in [6.07, 6.45) is 4.87. The van der Waals surface area contributed by atoms with E-state index < -0.39 is 5.97 Å². The van der Waals surface area contributed by atoms with Crippen molar-refractivity contribution in [2.24, 2.45) is 0 Å². The minimum absolute atomic E-state index is 0.0872. The van der Waals surface area contributed by atoms with E-state index in [0.717, 1.165) is 32.6 Å². The molecule has 5 heteroatoms. The van der Waals surface area contributed by atoms with Gasteiger partial charge >= 0.3 is 5.97 Å². The molecule has 112 valence electrons. The lowest BCUT2D eigenvalue weighted by Crippen LogP contribution is -2.44. The molecule has 0 aromatic rings. The van der Waals surface area contributed by atoms with Crippen molar-refractivity contribution < 1.29 is 15.0 Å². The van der Waals surface area contributed by atoms with Gasteiger partial charge in [0.25, 0.3) is 0 Å². The summed E-state index contributed by atoms with van der Waals surface area (Å²) in [5, 5.41) is 18.2. The number of nitrogens with zero attached hydrogens (tertiary/aromatic N) is 2. The van der Waals surface area contributed by atoms with Gasteiger partial charge in [-0.2, -0.15) is 0 Å². The van der Waals surface area contributed by atoms with Crippen LogP contribution in [0.3, 0.4) is 0 Å². The fourth-order valence-corrected chi connectivity index (χ4v) is 2.67. The number of aliphatic hydroxyl groups excluding tert-OH is 1. The lowest BCUT2D eigenvalue weighted by molar-refractivity contribution is -0.137. The number of rotatable bonds is 9. The zero-order valence-corrected chi connectivity index (χ0v) is 12.1. The maximum atomic E-state index is 10.7. The number of aliphatic hydroxyl groups is 1. The molecular formula is C14H28N2O3. The number of piperidine rings is 1. The normalized spacial score (nSPS) is 18.7. The molecule has 0 aliphatic carbocycles. The van der Waals surface area contributed by atoms with Crippen molar-refractivity contribution in [1.82, 2.24) is 9.80 Å². The molecule has 1 fully saturated rings. The largest absolute Gasteiger partial charge is 0.481 e. The van der Waals surface area contributed by atoms with Crippen LogP contribution in [0, 0.1) is 0 Å². The average Bonchev–Trinajstić information content (AvgIpc) is 2.43.